The lowest BCUT2D eigenvalue weighted by Gasteiger charge is -2.11. The first kappa shape index (κ1) is 23.4. The highest BCUT2D eigenvalue weighted by Crippen LogP contribution is 2.34. The van der Waals surface area contributed by atoms with Gasteiger partial charge in [0, 0.05) is 38.9 Å². The van der Waals surface area contributed by atoms with Crippen LogP contribution in [0, 0.1) is 17.0 Å². The third kappa shape index (κ3) is 4.37. The van der Waals surface area contributed by atoms with Gasteiger partial charge in [-0.1, -0.05) is 41.9 Å². The second-order valence-corrected chi connectivity index (χ2v) is 8.77. The molecule has 178 valence electrons. The number of rotatable bonds is 4. The molecule has 0 radical (unpaired) electrons. The lowest BCUT2D eigenvalue weighted by molar-refractivity contribution is -0.385. The standard InChI is InChI=1S/C26H17ClN4O4S/c1-14-16(5-4-10-22(14)31(33)34)24(32)30-26(36)28-15-11-12-23-21(13-15)29-25(35-23)19-8-2-7-18-17(19)6-3-9-20(18)27/h2-13H,1H3,(H2,28,30,32,36). The van der Waals surface area contributed by atoms with Crippen molar-refractivity contribution < 1.29 is 14.1 Å². The Kier molecular flexibility index (Phi) is 6.09. The van der Waals surface area contributed by atoms with Crippen molar-refractivity contribution >= 4 is 68.1 Å². The number of oxazole rings is 1. The van der Waals surface area contributed by atoms with Crippen LogP contribution in [0.5, 0.6) is 0 Å². The first-order valence-corrected chi connectivity index (χ1v) is 11.5. The number of aromatic nitrogens is 1. The molecule has 0 bridgehead atoms. The van der Waals surface area contributed by atoms with Crippen molar-refractivity contribution in [3.05, 3.63) is 99.1 Å². The Labute approximate surface area is 215 Å². The monoisotopic (exact) mass is 516 g/mol. The molecule has 0 unspecified atom stereocenters. The molecule has 2 N–H and O–H groups in total. The summed E-state index contributed by atoms with van der Waals surface area (Å²) in [5.41, 5.74) is 2.87. The van der Waals surface area contributed by atoms with E-state index < -0.39 is 10.8 Å². The predicted octanol–water partition coefficient (Wildman–Crippen LogP) is 6.64. The summed E-state index contributed by atoms with van der Waals surface area (Å²) in [7, 11) is 0. The van der Waals surface area contributed by atoms with Gasteiger partial charge in [0.1, 0.15) is 5.52 Å². The largest absolute Gasteiger partial charge is 0.436 e. The van der Waals surface area contributed by atoms with E-state index in [0.717, 1.165) is 16.3 Å². The minimum Gasteiger partial charge on any atom is -0.436 e. The van der Waals surface area contributed by atoms with E-state index in [1.165, 1.54) is 25.1 Å². The number of benzene rings is 4. The fourth-order valence-electron chi connectivity index (χ4n) is 3.98. The van der Waals surface area contributed by atoms with Gasteiger partial charge in [-0.15, -0.1) is 0 Å². The lowest BCUT2D eigenvalue weighted by atomic mass is 10.0. The molecule has 5 aromatic rings. The minimum atomic E-state index is -0.548. The molecule has 1 aromatic heterocycles. The molecule has 0 atom stereocenters. The molecule has 1 heterocycles. The number of anilines is 1. The molecule has 5 rings (SSSR count). The number of carbonyl (C=O) groups excluding carboxylic acids is 1. The number of hydrogen-bond acceptors (Lipinski definition) is 6. The first-order valence-electron chi connectivity index (χ1n) is 10.8. The average Bonchev–Trinajstić information content (AvgIpc) is 3.27. The molecular weight excluding hydrogens is 500 g/mol. The van der Waals surface area contributed by atoms with Crippen LogP contribution < -0.4 is 10.6 Å². The van der Waals surface area contributed by atoms with E-state index in [1.54, 1.807) is 18.2 Å². The van der Waals surface area contributed by atoms with Crippen LogP contribution in [0.25, 0.3) is 33.3 Å². The fraction of sp³-hybridized carbons (Fsp3) is 0.0385. The quantitative estimate of drug-likeness (QED) is 0.156. The maximum absolute atomic E-state index is 12.6. The summed E-state index contributed by atoms with van der Waals surface area (Å²) in [6.07, 6.45) is 0. The molecule has 0 fully saturated rings. The zero-order chi connectivity index (χ0) is 25.4. The van der Waals surface area contributed by atoms with Crippen molar-refractivity contribution in [2.45, 2.75) is 6.92 Å². The van der Waals surface area contributed by atoms with Crippen LogP contribution in [0.3, 0.4) is 0 Å². The van der Waals surface area contributed by atoms with E-state index in [9.17, 15) is 14.9 Å². The number of fused-ring (bicyclic) bond motifs is 2. The molecule has 4 aromatic carbocycles. The first-order chi connectivity index (χ1) is 17.3. The molecule has 8 nitrogen and oxygen atoms in total. The highest BCUT2D eigenvalue weighted by atomic mass is 35.5. The van der Waals surface area contributed by atoms with Gasteiger partial charge in [-0.2, -0.15) is 0 Å². The van der Waals surface area contributed by atoms with Crippen LogP contribution in [0.2, 0.25) is 5.02 Å². The number of carbonyl (C=O) groups is 1. The van der Waals surface area contributed by atoms with E-state index in [1.807, 2.05) is 36.4 Å². The van der Waals surface area contributed by atoms with Crippen molar-refractivity contribution in [1.82, 2.24) is 10.3 Å². The summed E-state index contributed by atoms with van der Waals surface area (Å²) in [4.78, 5) is 27.9. The SMILES string of the molecule is Cc1c(C(=O)NC(=S)Nc2ccc3oc(-c4cccc5c(Cl)cccc45)nc3c2)cccc1[N+](=O)[O-]. The summed E-state index contributed by atoms with van der Waals surface area (Å²) >= 11 is 11.6. The van der Waals surface area contributed by atoms with Gasteiger partial charge >= 0.3 is 0 Å². The Balaban J connectivity index is 1.37. The summed E-state index contributed by atoms with van der Waals surface area (Å²) in [6, 6.07) is 21.0. The predicted molar refractivity (Wildman–Crippen MR) is 143 cm³/mol. The van der Waals surface area contributed by atoms with Gasteiger partial charge in [0.25, 0.3) is 11.6 Å². The highest BCUT2D eigenvalue weighted by molar-refractivity contribution is 7.80. The normalized spacial score (nSPS) is 10.9. The van der Waals surface area contributed by atoms with E-state index in [4.69, 9.17) is 28.2 Å². The third-order valence-corrected chi connectivity index (χ3v) is 6.25. The van der Waals surface area contributed by atoms with E-state index in [0.29, 0.717) is 27.7 Å². The van der Waals surface area contributed by atoms with Gasteiger partial charge in [0.2, 0.25) is 5.89 Å². The molecule has 1 amide bonds. The zero-order valence-electron chi connectivity index (χ0n) is 18.7. The van der Waals surface area contributed by atoms with Crippen LogP contribution in [-0.4, -0.2) is 20.9 Å². The number of nitro groups is 1. The van der Waals surface area contributed by atoms with Crippen LogP contribution in [0.15, 0.2) is 77.2 Å². The molecule has 0 aliphatic carbocycles. The number of nitro benzene ring substituents is 1. The second kappa shape index (κ2) is 9.37. The number of halogens is 1. The lowest BCUT2D eigenvalue weighted by Crippen LogP contribution is -2.34. The van der Waals surface area contributed by atoms with Gasteiger partial charge in [-0.05, 0) is 60.9 Å². The van der Waals surface area contributed by atoms with E-state index >= 15 is 0 Å². The Hall–Kier alpha value is -4.34. The molecule has 0 aliphatic rings. The molecule has 0 saturated heterocycles. The average molecular weight is 517 g/mol. The Bertz CT molecular complexity index is 1700. The maximum Gasteiger partial charge on any atom is 0.273 e. The molecule has 0 aliphatic heterocycles. The second-order valence-electron chi connectivity index (χ2n) is 7.96. The zero-order valence-corrected chi connectivity index (χ0v) is 20.3. The van der Waals surface area contributed by atoms with Crippen molar-refractivity contribution in [2.24, 2.45) is 0 Å². The molecule has 10 heteroatoms. The van der Waals surface area contributed by atoms with Gasteiger partial charge in [-0.3, -0.25) is 20.2 Å². The topological polar surface area (TPSA) is 110 Å². The van der Waals surface area contributed by atoms with Crippen LogP contribution >= 0.6 is 23.8 Å². The number of amides is 1. The third-order valence-electron chi connectivity index (χ3n) is 5.72. The molecule has 0 spiro atoms. The van der Waals surface area contributed by atoms with Gasteiger partial charge < -0.3 is 9.73 Å². The molecular formula is C26H17ClN4O4S. The Morgan fingerprint density at radius 2 is 1.81 bits per heavy atom. The Morgan fingerprint density at radius 1 is 1.06 bits per heavy atom. The maximum atomic E-state index is 12.6. The van der Waals surface area contributed by atoms with Crippen molar-refractivity contribution in [3.63, 3.8) is 0 Å². The van der Waals surface area contributed by atoms with Crippen molar-refractivity contribution in [2.75, 3.05) is 5.32 Å². The molecule has 0 saturated carbocycles. The number of nitrogens with zero attached hydrogens (tertiary/aromatic N) is 2. The number of hydrogen-bond donors (Lipinski definition) is 2. The van der Waals surface area contributed by atoms with Crippen molar-refractivity contribution in [1.29, 1.82) is 0 Å². The van der Waals surface area contributed by atoms with Gasteiger partial charge in [0.05, 0.1) is 4.92 Å². The Morgan fingerprint density at radius 3 is 2.61 bits per heavy atom. The van der Waals surface area contributed by atoms with Gasteiger partial charge in [-0.25, -0.2) is 4.98 Å². The summed E-state index contributed by atoms with van der Waals surface area (Å²) in [5, 5.41) is 19.2. The number of nitrogens with one attached hydrogen (secondary N) is 2. The number of thiocarbonyl (C=S) groups is 1. The van der Waals surface area contributed by atoms with Gasteiger partial charge in [0.15, 0.2) is 10.7 Å². The minimum absolute atomic E-state index is 0.0395. The highest BCUT2D eigenvalue weighted by Gasteiger charge is 2.19. The van der Waals surface area contributed by atoms with Crippen molar-refractivity contribution in [3.8, 4) is 11.5 Å². The summed E-state index contributed by atoms with van der Waals surface area (Å²) in [6.45, 7) is 1.52. The van der Waals surface area contributed by atoms with Crippen LogP contribution in [-0.2, 0) is 0 Å². The molecule has 36 heavy (non-hydrogen) atoms. The van der Waals surface area contributed by atoms with Crippen LogP contribution in [0.4, 0.5) is 11.4 Å². The smallest absolute Gasteiger partial charge is 0.273 e. The summed E-state index contributed by atoms with van der Waals surface area (Å²) < 4.78 is 5.99. The summed E-state index contributed by atoms with van der Waals surface area (Å²) in [5.74, 6) is -0.0971. The fourth-order valence-corrected chi connectivity index (χ4v) is 4.43. The van der Waals surface area contributed by atoms with E-state index in [-0.39, 0.29) is 21.9 Å². The van der Waals surface area contributed by atoms with Crippen LogP contribution in [0.1, 0.15) is 15.9 Å². The van der Waals surface area contributed by atoms with E-state index in [2.05, 4.69) is 15.6 Å².